The van der Waals surface area contributed by atoms with Crippen LogP contribution in [0.3, 0.4) is 0 Å². The number of hydrogen-bond acceptors (Lipinski definition) is 3. The van der Waals surface area contributed by atoms with Gasteiger partial charge in [0.15, 0.2) is 0 Å². The molecule has 1 saturated carbocycles. The van der Waals surface area contributed by atoms with Crippen LogP contribution >= 0.6 is 0 Å². The van der Waals surface area contributed by atoms with Crippen molar-refractivity contribution >= 4 is 27.8 Å². The molecule has 1 fully saturated rings. The van der Waals surface area contributed by atoms with E-state index in [9.17, 15) is 9.18 Å². The number of halogens is 1. The van der Waals surface area contributed by atoms with Gasteiger partial charge in [-0.05, 0) is 97.7 Å². The quantitative estimate of drug-likeness (QED) is 0.290. The van der Waals surface area contributed by atoms with Crippen LogP contribution in [0.2, 0.25) is 0 Å². The molecule has 3 aromatic carbocycles. The van der Waals surface area contributed by atoms with Crippen molar-refractivity contribution in [3.05, 3.63) is 102 Å². The molecule has 0 radical (unpaired) electrons. The van der Waals surface area contributed by atoms with Crippen LogP contribution in [0, 0.1) is 11.7 Å². The molecule has 5 nitrogen and oxygen atoms in total. The van der Waals surface area contributed by atoms with E-state index in [1.807, 2.05) is 36.5 Å². The van der Waals surface area contributed by atoms with E-state index in [-0.39, 0.29) is 11.7 Å². The molecule has 5 aromatic rings. The molecule has 0 aliphatic heterocycles. The fraction of sp³-hybridized carbons (Fsp3) is 0.258. The zero-order valence-corrected chi connectivity index (χ0v) is 20.8. The number of benzene rings is 3. The number of fused-ring (bicyclic) bond motifs is 2. The van der Waals surface area contributed by atoms with E-state index >= 15 is 0 Å². The summed E-state index contributed by atoms with van der Waals surface area (Å²) in [7, 11) is 0. The van der Waals surface area contributed by atoms with Crippen LogP contribution in [0.4, 0.5) is 4.39 Å². The van der Waals surface area contributed by atoms with Crippen molar-refractivity contribution in [1.82, 2.24) is 14.5 Å². The van der Waals surface area contributed by atoms with Crippen LogP contribution in [-0.2, 0) is 0 Å². The van der Waals surface area contributed by atoms with Gasteiger partial charge < -0.3 is 5.73 Å². The summed E-state index contributed by atoms with van der Waals surface area (Å²) in [5, 5.41) is 0.926. The third-order valence-corrected chi connectivity index (χ3v) is 8.04. The summed E-state index contributed by atoms with van der Waals surface area (Å²) in [6, 6.07) is 22.6. The van der Waals surface area contributed by atoms with Gasteiger partial charge in [-0.3, -0.25) is 14.3 Å². The molecule has 1 atom stereocenters. The number of aromatic nitrogens is 3. The molecular weight excluding hydrogens is 463 g/mol. The average Bonchev–Trinajstić information content (AvgIpc) is 3.31. The van der Waals surface area contributed by atoms with Crippen LogP contribution in [0.25, 0.3) is 27.6 Å². The van der Waals surface area contributed by atoms with Crippen molar-refractivity contribution in [1.29, 1.82) is 0 Å². The fourth-order valence-corrected chi connectivity index (χ4v) is 6.04. The zero-order chi connectivity index (χ0) is 25.5. The van der Waals surface area contributed by atoms with Gasteiger partial charge in [0.25, 0.3) is 0 Å². The van der Waals surface area contributed by atoms with Gasteiger partial charge in [-0.15, -0.1) is 0 Å². The number of hydrogen-bond donors (Lipinski definition) is 1. The SMILES string of the molecule is C[C@@H](c1nc2ccc(C(N)=O)cc2n1-c1ccccc1)C1CCC(c2ccnc3ccc(F)cc23)CC1. The molecule has 186 valence electrons. The minimum Gasteiger partial charge on any atom is -0.366 e. The second-order valence-electron chi connectivity index (χ2n) is 10.2. The molecular formula is C31H29FN4O. The Labute approximate surface area is 215 Å². The Morgan fingerprint density at radius 3 is 2.49 bits per heavy atom. The highest BCUT2D eigenvalue weighted by atomic mass is 19.1. The third kappa shape index (κ3) is 4.26. The molecule has 0 spiro atoms. The topological polar surface area (TPSA) is 73.8 Å². The molecule has 2 heterocycles. The summed E-state index contributed by atoms with van der Waals surface area (Å²) in [4.78, 5) is 21.4. The fourth-order valence-electron chi connectivity index (χ4n) is 6.04. The van der Waals surface area contributed by atoms with Gasteiger partial charge in [0.05, 0.1) is 16.6 Å². The van der Waals surface area contributed by atoms with E-state index in [0.29, 0.717) is 17.4 Å². The van der Waals surface area contributed by atoms with Crippen molar-refractivity contribution in [2.75, 3.05) is 0 Å². The Balaban J connectivity index is 1.32. The van der Waals surface area contributed by atoms with E-state index < -0.39 is 5.91 Å². The lowest BCUT2D eigenvalue weighted by molar-refractivity contribution is 0.100. The lowest BCUT2D eigenvalue weighted by Gasteiger charge is -2.33. The number of amides is 1. The number of rotatable bonds is 5. The van der Waals surface area contributed by atoms with Crippen molar-refractivity contribution < 1.29 is 9.18 Å². The first-order chi connectivity index (χ1) is 18.0. The molecule has 0 unspecified atom stereocenters. The number of imidazole rings is 1. The van der Waals surface area contributed by atoms with E-state index in [1.165, 1.54) is 11.6 Å². The van der Waals surface area contributed by atoms with Crippen LogP contribution in [-0.4, -0.2) is 20.4 Å². The number of carbonyl (C=O) groups excluding carboxylic acids is 1. The van der Waals surface area contributed by atoms with E-state index in [2.05, 4.69) is 34.7 Å². The van der Waals surface area contributed by atoms with Crippen molar-refractivity contribution in [2.24, 2.45) is 11.7 Å². The van der Waals surface area contributed by atoms with Crippen molar-refractivity contribution in [3.63, 3.8) is 0 Å². The monoisotopic (exact) mass is 492 g/mol. The minimum atomic E-state index is -0.445. The number of carbonyl (C=O) groups is 1. The van der Waals surface area contributed by atoms with Crippen LogP contribution in [0.15, 0.2) is 79.0 Å². The molecule has 1 aliphatic rings. The summed E-state index contributed by atoms with van der Waals surface area (Å²) in [6.07, 6.45) is 6.06. The number of para-hydroxylation sites is 1. The van der Waals surface area contributed by atoms with Gasteiger partial charge in [-0.1, -0.05) is 25.1 Å². The van der Waals surface area contributed by atoms with Crippen molar-refractivity contribution in [2.45, 2.75) is 44.4 Å². The van der Waals surface area contributed by atoms with Gasteiger partial charge in [0.2, 0.25) is 5.91 Å². The van der Waals surface area contributed by atoms with E-state index in [1.54, 1.807) is 18.2 Å². The summed E-state index contributed by atoms with van der Waals surface area (Å²) < 4.78 is 16.2. The number of pyridine rings is 1. The highest BCUT2D eigenvalue weighted by Crippen LogP contribution is 2.44. The van der Waals surface area contributed by atoms with Gasteiger partial charge in [-0.25, -0.2) is 9.37 Å². The second-order valence-corrected chi connectivity index (χ2v) is 10.2. The molecule has 2 N–H and O–H groups in total. The Morgan fingerprint density at radius 2 is 1.73 bits per heavy atom. The Hall–Kier alpha value is -4.06. The third-order valence-electron chi connectivity index (χ3n) is 8.04. The zero-order valence-electron chi connectivity index (χ0n) is 20.8. The predicted molar refractivity (Wildman–Crippen MR) is 144 cm³/mol. The van der Waals surface area contributed by atoms with Crippen LogP contribution in [0.1, 0.15) is 66.2 Å². The standard InChI is InChI=1S/C31H29FN4O/c1-19(20-7-9-21(10-8-20)25-15-16-34-27-14-12-23(32)18-26(25)27)31-35-28-13-11-22(30(33)37)17-29(28)36(31)24-5-3-2-4-6-24/h2-6,11-21H,7-10H2,1H3,(H2,33,37)/t19-,20?,21?/m1/s1. The van der Waals surface area contributed by atoms with Gasteiger partial charge in [0, 0.05) is 28.8 Å². The smallest absolute Gasteiger partial charge is 0.248 e. The van der Waals surface area contributed by atoms with E-state index in [4.69, 9.17) is 10.7 Å². The van der Waals surface area contributed by atoms with Gasteiger partial charge in [-0.2, -0.15) is 0 Å². The Morgan fingerprint density at radius 1 is 0.973 bits per heavy atom. The molecule has 0 bridgehead atoms. The minimum absolute atomic E-state index is 0.219. The van der Waals surface area contributed by atoms with Gasteiger partial charge in [0.1, 0.15) is 11.6 Å². The summed E-state index contributed by atoms with van der Waals surface area (Å²) in [6.45, 7) is 2.26. The van der Waals surface area contributed by atoms with Crippen molar-refractivity contribution in [3.8, 4) is 5.69 Å². The molecule has 6 heteroatoms. The molecule has 1 amide bonds. The molecule has 6 rings (SSSR count). The lowest BCUT2D eigenvalue weighted by Crippen LogP contribution is -2.21. The predicted octanol–water partition coefficient (Wildman–Crippen LogP) is 6.89. The largest absolute Gasteiger partial charge is 0.366 e. The highest BCUT2D eigenvalue weighted by molar-refractivity contribution is 5.96. The number of primary amides is 1. The molecule has 37 heavy (non-hydrogen) atoms. The lowest BCUT2D eigenvalue weighted by atomic mass is 9.73. The highest BCUT2D eigenvalue weighted by Gasteiger charge is 2.31. The number of nitrogens with two attached hydrogens (primary N) is 1. The average molecular weight is 493 g/mol. The molecule has 1 aliphatic carbocycles. The first-order valence-electron chi connectivity index (χ1n) is 12.9. The Kier molecular flexibility index (Phi) is 5.95. The summed E-state index contributed by atoms with van der Waals surface area (Å²) in [5.41, 5.74) is 10.9. The van der Waals surface area contributed by atoms with Gasteiger partial charge >= 0.3 is 0 Å². The maximum Gasteiger partial charge on any atom is 0.248 e. The summed E-state index contributed by atoms with van der Waals surface area (Å²) >= 11 is 0. The molecule has 2 aromatic heterocycles. The first-order valence-corrected chi connectivity index (χ1v) is 12.9. The maximum absolute atomic E-state index is 14.0. The van der Waals surface area contributed by atoms with Crippen LogP contribution in [0.5, 0.6) is 0 Å². The molecule has 0 saturated heterocycles. The van der Waals surface area contributed by atoms with Crippen LogP contribution < -0.4 is 5.73 Å². The normalized spacial score (nSPS) is 18.8. The first kappa shape index (κ1) is 23.3. The second kappa shape index (κ2) is 9.43. The number of nitrogens with zero attached hydrogens (tertiary/aromatic N) is 3. The summed E-state index contributed by atoms with van der Waals surface area (Å²) in [5.74, 6) is 1.42. The maximum atomic E-state index is 14.0. The Bertz CT molecular complexity index is 1600. The van der Waals surface area contributed by atoms with E-state index in [0.717, 1.165) is 59.1 Å².